The van der Waals surface area contributed by atoms with Gasteiger partial charge in [-0.05, 0) is 129 Å². The molecule has 1 N–H and O–H groups in total. The van der Waals surface area contributed by atoms with Crippen LogP contribution in [0, 0.1) is 56.2 Å². The van der Waals surface area contributed by atoms with Crippen molar-refractivity contribution in [2.24, 2.45) is 56.2 Å². The maximum Gasteiger partial charge on any atom is 0.309 e. The van der Waals surface area contributed by atoms with Gasteiger partial charge in [0.1, 0.15) is 6.10 Å². The largest absolute Gasteiger partial charge is 0.481 e. The molecule has 4 saturated carbocycles. The Morgan fingerprint density at radius 2 is 1.58 bits per heavy atom. The summed E-state index contributed by atoms with van der Waals surface area (Å²) in [5, 5.41) is 9.61. The van der Waals surface area contributed by atoms with Gasteiger partial charge >= 0.3 is 11.9 Å². The van der Waals surface area contributed by atoms with Gasteiger partial charge in [0, 0.05) is 36.4 Å². The van der Waals surface area contributed by atoms with Crippen molar-refractivity contribution in [1.82, 2.24) is 4.90 Å². The molecule has 0 spiro atoms. The SMILES string of the molecule is CC(C)C1=C2[C@H]3CC[C@@H]4[C@@]5(C)CC[C@H](OC(=O)CC(C)(C)C(=O)O)C(C)(C)[C@H]5CC[C@@]4(C)[C@]3(C)CC[C@@]2(CCN(C)C(=O)c2ccccc2)CC1=O. The number of Topliss-reactive ketones (excluding diaryl/α,β-unsaturated/α-hetero) is 1. The van der Waals surface area contributed by atoms with Crippen molar-refractivity contribution in [3.63, 3.8) is 0 Å². The van der Waals surface area contributed by atoms with Crippen LogP contribution < -0.4 is 0 Å². The van der Waals surface area contributed by atoms with Gasteiger partial charge < -0.3 is 14.7 Å². The van der Waals surface area contributed by atoms with Gasteiger partial charge in [0.25, 0.3) is 5.91 Å². The van der Waals surface area contributed by atoms with Crippen molar-refractivity contribution in [3.05, 3.63) is 47.0 Å². The lowest BCUT2D eigenvalue weighted by atomic mass is 9.33. The first kappa shape index (κ1) is 38.8. The van der Waals surface area contributed by atoms with E-state index in [1.54, 1.807) is 13.8 Å². The summed E-state index contributed by atoms with van der Waals surface area (Å²) in [7, 11) is 1.90. The molecule has 286 valence electrons. The number of carboxylic acid groups (broad SMARTS) is 1. The fourth-order valence-corrected chi connectivity index (χ4v) is 13.2. The molecule has 5 aliphatic rings. The van der Waals surface area contributed by atoms with Gasteiger partial charge in [0.05, 0.1) is 11.8 Å². The number of ether oxygens (including phenoxy) is 1. The van der Waals surface area contributed by atoms with E-state index in [0.29, 0.717) is 42.1 Å². The number of nitrogens with zero attached hydrogens (tertiary/aromatic N) is 1. The van der Waals surface area contributed by atoms with Crippen LogP contribution in [0.4, 0.5) is 0 Å². The van der Waals surface area contributed by atoms with E-state index in [0.717, 1.165) is 63.4 Å². The van der Waals surface area contributed by atoms with Crippen molar-refractivity contribution >= 4 is 23.6 Å². The number of carbonyl (C=O) groups is 4. The lowest BCUT2D eigenvalue weighted by molar-refractivity contribution is -0.233. The molecule has 0 heterocycles. The van der Waals surface area contributed by atoms with Crippen LogP contribution in [0.1, 0.15) is 143 Å². The molecule has 1 amide bonds. The molecule has 0 bridgehead atoms. The summed E-state index contributed by atoms with van der Waals surface area (Å²) in [4.78, 5) is 54.1. The maximum absolute atomic E-state index is 14.1. The molecule has 5 aliphatic carbocycles. The van der Waals surface area contributed by atoms with Crippen LogP contribution in [0.25, 0.3) is 0 Å². The number of hydrogen-bond acceptors (Lipinski definition) is 5. The van der Waals surface area contributed by atoms with Crippen LogP contribution >= 0.6 is 0 Å². The van der Waals surface area contributed by atoms with Crippen LogP contribution in [0.3, 0.4) is 0 Å². The maximum atomic E-state index is 14.1. The zero-order valence-electron chi connectivity index (χ0n) is 33.7. The monoisotopic (exact) mass is 715 g/mol. The van der Waals surface area contributed by atoms with Gasteiger partial charge in [-0.2, -0.15) is 0 Å². The molecule has 0 aliphatic heterocycles. The number of carboxylic acids is 1. The second-order valence-corrected chi connectivity index (χ2v) is 20.0. The first-order valence-electron chi connectivity index (χ1n) is 20.2. The van der Waals surface area contributed by atoms with E-state index in [9.17, 15) is 24.3 Å². The van der Waals surface area contributed by atoms with E-state index >= 15 is 0 Å². The van der Waals surface area contributed by atoms with E-state index in [-0.39, 0.29) is 51.4 Å². The Hall–Kier alpha value is -2.96. The van der Waals surface area contributed by atoms with Gasteiger partial charge in [-0.3, -0.25) is 19.2 Å². The summed E-state index contributed by atoms with van der Waals surface area (Å²) in [6, 6.07) is 9.50. The molecule has 7 nitrogen and oxygen atoms in total. The highest BCUT2D eigenvalue weighted by Crippen LogP contribution is 2.77. The topological polar surface area (TPSA) is 101 Å². The molecule has 8 atom stereocenters. The highest BCUT2D eigenvalue weighted by Gasteiger charge is 2.70. The molecule has 1 aromatic rings. The Balaban J connectivity index is 1.26. The second kappa shape index (κ2) is 13.1. The molecule has 7 heteroatoms. The highest BCUT2D eigenvalue weighted by molar-refractivity contribution is 6.00. The third-order valence-electron chi connectivity index (χ3n) is 16.2. The van der Waals surface area contributed by atoms with Gasteiger partial charge in [-0.1, -0.05) is 72.2 Å². The molecule has 0 radical (unpaired) electrons. The average molecular weight is 716 g/mol. The third-order valence-corrected chi connectivity index (χ3v) is 16.2. The standard InChI is InChI=1S/C45H65NO6/c1-28(2)36-31(47)26-45(24-25-46(10)38(49)29-14-12-11-13-15-29)23-22-43(8)30(37(36)45)16-17-33-42(7)20-19-34(52-35(48)27-40(3,4)39(50)51)41(5,6)32(42)18-21-44(33,43)9/h11-15,28,30,32-34H,16-27H2,1-10H3,(H,50,51)/t30-,32-,33-,34+,42+,43-,44-,45-/m1/s1. The summed E-state index contributed by atoms with van der Waals surface area (Å²) in [5.41, 5.74) is 1.90. The predicted octanol–water partition coefficient (Wildman–Crippen LogP) is 9.54. The lowest BCUT2D eigenvalue weighted by Gasteiger charge is -2.72. The number of allylic oxidation sites excluding steroid dienone is 2. The van der Waals surface area contributed by atoms with Crippen LogP contribution in [0.5, 0.6) is 0 Å². The molecule has 52 heavy (non-hydrogen) atoms. The molecule has 0 aromatic heterocycles. The zero-order valence-corrected chi connectivity index (χ0v) is 33.7. The number of carbonyl (C=O) groups excluding carboxylic acids is 3. The Bertz CT molecular complexity index is 1640. The van der Waals surface area contributed by atoms with Crippen molar-refractivity contribution in [2.45, 2.75) is 139 Å². The molecule has 0 saturated heterocycles. The minimum Gasteiger partial charge on any atom is -0.481 e. The Morgan fingerprint density at radius 3 is 2.21 bits per heavy atom. The number of esters is 1. The number of fused-ring (bicyclic) bond motifs is 7. The number of benzene rings is 1. The quantitative estimate of drug-likeness (QED) is 0.256. The summed E-state index contributed by atoms with van der Waals surface area (Å²) in [5.74, 6) is 0.393. The van der Waals surface area contributed by atoms with E-state index in [1.165, 1.54) is 5.57 Å². The Morgan fingerprint density at radius 1 is 0.904 bits per heavy atom. The lowest BCUT2D eigenvalue weighted by Crippen LogP contribution is -2.65. The Labute approximate surface area is 312 Å². The van der Waals surface area contributed by atoms with E-state index in [2.05, 4.69) is 48.5 Å². The van der Waals surface area contributed by atoms with Gasteiger partial charge in [0.2, 0.25) is 0 Å². The molecule has 1 aromatic carbocycles. The van der Waals surface area contributed by atoms with Crippen LogP contribution in [0.15, 0.2) is 41.5 Å². The van der Waals surface area contributed by atoms with Crippen molar-refractivity contribution in [3.8, 4) is 0 Å². The minimum atomic E-state index is -1.16. The number of amides is 1. The molecular formula is C45H65NO6. The van der Waals surface area contributed by atoms with E-state index in [1.807, 2.05) is 42.3 Å². The van der Waals surface area contributed by atoms with Crippen LogP contribution in [0.2, 0.25) is 0 Å². The van der Waals surface area contributed by atoms with E-state index in [4.69, 9.17) is 4.74 Å². The second-order valence-electron chi connectivity index (χ2n) is 20.0. The fraction of sp³-hybridized carbons (Fsp3) is 0.733. The molecular weight excluding hydrogens is 650 g/mol. The predicted molar refractivity (Wildman–Crippen MR) is 203 cm³/mol. The van der Waals surface area contributed by atoms with Gasteiger partial charge in [-0.25, -0.2) is 0 Å². The molecule has 0 unspecified atom stereocenters. The summed E-state index contributed by atoms with van der Waals surface area (Å²) < 4.78 is 6.17. The average Bonchev–Trinajstić information content (AvgIpc) is 3.37. The van der Waals surface area contributed by atoms with E-state index < -0.39 is 17.4 Å². The summed E-state index contributed by atoms with van der Waals surface area (Å²) >= 11 is 0. The molecule has 6 rings (SSSR count). The van der Waals surface area contributed by atoms with Gasteiger partial charge in [0.15, 0.2) is 5.78 Å². The van der Waals surface area contributed by atoms with Crippen molar-refractivity contribution in [2.75, 3.05) is 13.6 Å². The first-order chi connectivity index (χ1) is 24.1. The Kier molecular flexibility index (Phi) is 9.77. The number of rotatable bonds is 9. The fourth-order valence-electron chi connectivity index (χ4n) is 13.2. The van der Waals surface area contributed by atoms with Gasteiger partial charge in [-0.15, -0.1) is 0 Å². The van der Waals surface area contributed by atoms with Crippen LogP contribution in [-0.4, -0.2) is 53.3 Å². The highest BCUT2D eigenvalue weighted by atomic mass is 16.5. The van der Waals surface area contributed by atoms with Crippen LogP contribution in [-0.2, 0) is 19.1 Å². The third kappa shape index (κ3) is 5.90. The smallest absolute Gasteiger partial charge is 0.309 e. The first-order valence-corrected chi connectivity index (χ1v) is 20.2. The number of aliphatic carboxylic acids is 1. The summed E-state index contributed by atoms with van der Waals surface area (Å²) in [6.45, 7) is 20.4. The number of ketones is 1. The number of hydrogen-bond donors (Lipinski definition) is 1. The van der Waals surface area contributed by atoms with Crippen molar-refractivity contribution in [1.29, 1.82) is 0 Å². The normalized spacial score (nSPS) is 36.7. The molecule has 4 fully saturated rings. The summed E-state index contributed by atoms with van der Waals surface area (Å²) in [6.07, 6.45) is 9.30. The van der Waals surface area contributed by atoms with Crippen molar-refractivity contribution < 1.29 is 29.0 Å². The zero-order chi connectivity index (χ0) is 38.2. The minimum absolute atomic E-state index is 0.0334.